The maximum Gasteiger partial charge on any atom is 0.420 e. The van der Waals surface area contributed by atoms with E-state index < -0.39 is 45.4 Å². The van der Waals surface area contributed by atoms with E-state index in [9.17, 15) is 38.6 Å². The van der Waals surface area contributed by atoms with Gasteiger partial charge >= 0.3 is 11.9 Å². The molecule has 0 bridgehead atoms. The number of aromatic nitrogens is 5. The van der Waals surface area contributed by atoms with Crippen LogP contribution in [0.1, 0.15) is 5.56 Å². The van der Waals surface area contributed by atoms with Gasteiger partial charge in [-0.2, -0.15) is 13.2 Å². The molecule has 0 aliphatic rings. The van der Waals surface area contributed by atoms with Crippen molar-refractivity contribution >= 4 is 5.69 Å². The van der Waals surface area contributed by atoms with Crippen LogP contribution in [0.2, 0.25) is 0 Å². The maximum absolute atomic E-state index is 12.8. The Morgan fingerprint density at radius 1 is 1.15 bits per heavy atom. The number of hydrogen-bond donors (Lipinski definition) is 3. The highest BCUT2D eigenvalue weighted by Gasteiger charge is 2.35. The smallest absolute Gasteiger partial charge is 0.420 e. The fourth-order valence-corrected chi connectivity index (χ4v) is 2.11. The molecule has 3 rings (SSSR count). The Morgan fingerprint density at radius 2 is 1.85 bits per heavy atom. The third-order valence-electron chi connectivity index (χ3n) is 3.34. The zero-order valence-corrected chi connectivity index (χ0v) is 12.8. The van der Waals surface area contributed by atoms with E-state index in [2.05, 4.69) is 20.4 Å². The number of nitro benzene ring substituents is 1. The minimum absolute atomic E-state index is 0.158. The lowest BCUT2D eigenvalue weighted by atomic mass is 10.1. The molecule has 0 atom stereocenters. The van der Waals surface area contributed by atoms with Crippen molar-refractivity contribution in [1.82, 2.24) is 25.2 Å². The molecule has 0 aliphatic heterocycles. The lowest BCUT2D eigenvalue weighted by Gasteiger charge is -2.10. The minimum Gasteiger partial charge on any atom is -0.504 e. The lowest BCUT2D eigenvalue weighted by Crippen LogP contribution is -2.10. The van der Waals surface area contributed by atoms with Crippen LogP contribution in [-0.4, -0.2) is 45.4 Å². The second-order valence-electron chi connectivity index (χ2n) is 5.05. The number of benzene rings is 1. The van der Waals surface area contributed by atoms with Gasteiger partial charge in [0.2, 0.25) is 17.4 Å². The first-order valence-electron chi connectivity index (χ1n) is 6.86. The summed E-state index contributed by atoms with van der Waals surface area (Å²) in [6.07, 6.45) is -4.08. The molecule has 0 fully saturated rings. The van der Waals surface area contributed by atoms with Crippen molar-refractivity contribution in [2.24, 2.45) is 0 Å². The molecule has 0 saturated carbocycles. The van der Waals surface area contributed by atoms with Crippen molar-refractivity contribution in [3.63, 3.8) is 0 Å². The van der Waals surface area contributed by atoms with Crippen LogP contribution in [0.3, 0.4) is 0 Å². The largest absolute Gasteiger partial charge is 0.504 e. The Kier molecular flexibility index (Phi) is 4.02. The number of hydrogen-bond acceptors (Lipinski definition) is 9. The molecule has 0 unspecified atom stereocenters. The van der Waals surface area contributed by atoms with Gasteiger partial charge in [0.1, 0.15) is 5.56 Å². The molecule has 140 valence electrons. The fraction of sp³-hybridized carbons (Fsp3) is 0.0769. The number of aromatic hydroxyl groups is 3. The van der Waals surface area contributed by atoms with E-state index in [-0.39, 0.29) is 11.4 Å². The zero-order valence-electron chi connectivity index (χ0n) is 12.8. The summed E-state index contributed by atoms with van der Waals surface area (Å²) in [5.74, 6) is -4.08. The third kappa shape index (κ3) is 3.14. The summed E-state index contributed by atoms with van der Waals surface area (Å²) >= 11 is 0. The standard InChI is InChI=1S/C13H7F3N6O5/c14-13(15,16)6-1-2-17-12(9(6)24)21-19-11(18-20-21)5-3-7(22(26)27)10(25)8(23)4-5/h1-4,23-25H. The highest BCUT2D eigenvalue weighted by Crippen LogP contribution is 2.39. The Labute approximate surface area is 146 Å². The van der Waals surface area contributed by atoms with Crippen LogP contribution in [0.4, 0.5) is 18.9 Å². The summed E-state index contributed by atoms with van der Waals surface area (Å²) in [5, 5.41) is 50.3. The highest BCUT2D eigenvalue weighted by molar-refractivity contribution is 5.68. The SMILES string of the molecule is O=[N+]([O-])c1cc(-c2nnn(-c3nccc(C(F)(F)F)c3O)n2)cc(O)c1O. The van der Waals surface area contributed by atoms with Gasteiger partial charge < -0.3 is 15.3 Å². The third-order valence-corrected chi connectivity index (χ3v) is 3.34. The monoisotopic (exact) mass is 384 g/mol. The van der Waals surface area contributed by atoms with E-state index in [0.717, 1.165) is 18.3 Å². The van der Waals surface area contributed by atoms with Crippen LogP contribution in [-0.2, 0) is 6.18 Å². The molecule has 14 heteroatoms. The van der Waals surface area contributed by atoms with E-state index in [4.69, 9.17) is 0 Å². The Hall–Kier alpha value is -3.97. The molecule has 0 aliphatic carbocycles. The molecule has 0 spiro atoms. The first-order valence-corrected chi connectivity index (χ1v) is 6.86. The second-order valence-corrected chi connectivity index (χ2v) is 5.05. The number of tetrazole rings is 1. The molecule has 0 saturated heterocycles. The van der Waals surface area contributed by atoms with E-state index in [1.807, 2.05) is 0 Å². The highest BCUT2D eigenvalue weighted by atomic mass is 19.4. The molecule has 0 radical (unpaired) electrons. The van der Waals surface area contributed by atoms with Gasteiger partial charge in [0.05, 0.1) is 4.92 Å². The van der Waals surface area contributed by atoms with E-state index >= 15 is 0 Å². The van der Waals surface area contributed by atoms with Gasteiger partial charge in [0, 0.05) is 17.8 Å². The maximum atomic E-state index is 12.8. The minimum atomic E-state index is -4.85. The summed E-state index contributed by atoms with van der Waals surface area (Å²) in [6, 6.07) is 2.27. The molecule has 0 amide bonds. The predicted octanol–water partition coefficient (Wildman–Crippen LogP) is 1.77. The van der Waals surface area contributed by atoms with Crippen molar-refractivity contribution in [3.8, 4) is 34.5 Å². The van der Waals surface area contributed by atoms with E-state index in [0.29, 0.717) is 10.9 Å². The summed E-state index contributed by atoms with van der Waals surface area (Å²) in [4.78, 5) is 14.0. The lowest BCUT2D eigenvalue weighted by molar-refractivity contribution is -0.385. The molecule has 3 aromatic rings. The molecular weight excluding hydrogens is 377 g/mol. The van der Waals surface area contributed by atoms with Gasteiger partial charge in [-0.3, -0.25) is 10.1 Å². The van der Waals surface area contributed by atoms with Gasteiger partial charge in [-0.1, -0.05) is 0 Å². The summed E-state index contributed by atoms with van der Waals surface area (Å²) in [6.45, 7) is 0. The van der Waals surface area contributed by atoms with Crippen LogP contribution in [0, 0.1) is 10.1 Å². The molecule has 3 N–H and O–H groups in total. The molecule has 27 heavy (non-hydrogen) atoms. The average Bonchev–Trinajstić information content (AvgIpc) is 3.05. The van der Waals surface area contributed by atoms with Crippen LogP contribution in [0.25, 0.3) is 17.2 Å². The topological polar surface area (TPSA) is 160 Å². The van der Waals surface area contributed by atoms with Gasteiger partial charge in [0.25, 0.3) is 0 Å². The fourth-order valence-electron chi connectivity index (χ4n) is 2.11. The van der Waals surface area contributed by atoms with Crippen molar-refractivity contribution in [3.05, 3.63) is 40.1 Å². The first kappa shape index (κ1) is 17.8. The van der Waals surface area contributed by atoms with Crippen LogP contribution < -0.4 is 0 Å². The normalized spacial score (nSPS) is 11.5. The Morgan fingerprint density at radius 3 is 2.48 bits per heavy atom. The number of phenolic OH excluding ortho intramolecular Hbond substituents is 2. The number of phenols is 2. The number of rotatable bonds is 3. The molecule has 1 aromatic carbocycles. The van der Waals surface area contributed by atoms with Crippen LogP contribution >= 0.6 is 0 Å². The number of pyridine rings is 1. The van der Waals surface area contributed by atoms with Gasteiger partial charge in [-0.25, -0.2) is 4.98 Å². The van der Waals surface area contributed by atoms with Crippen LogP contribution in [0.15, 0.2) is 24.4 Å². The quantitative estimate of drug-likeness (QED) is 0.347. The number of halogens is 3. The van der Waals surface area contributed by atoms with Crippen molar-refractivity contribution in [1.29, 1.82) is 0 Å². The Balaban J connectivity index is 2.08. The summed E-state index contributed by atoms with van der Waals surface area (Å²) < 4.78 is 38.5. The van der Waals surface area contributed by atoms with Gasteiger partial charge in [0.15, 0.2) is 11.5 Å². The first-order chi connectivity index (χ1) is 12.6. The summed E-state index contributed by atoms with van der Waals surface area (Å²) in [7, 11) is 0. The zero-order chi connectivity index (χ0) is 19.9. The van der Waals surface area contributed by atoms with Gasteiger partial charge in [-0.05, 0) is 17.3 Å². The van der Waals surface area contributed by atoms with Crippen molar-refractivity contribution in [2.45, 2.75) is 6.18 Å². The molecule has 2 aromatic heterocycles. The number of nitro groups is 1. The predicted molar refractivity (Wildman–Crippen MR) is 79.0 cm³/mol. The average molecular weight is 384 g/mol. The molecule has 2 heterocycles. The number of alkyl halides is 3. The second kappa shape index (κ2) is 6.08. The molecular formula is C13H7F3N6O5. The molecule has 11 nitrogen and oxygen atoms in total. The number of nitrogens with zero attached hydrogens (tertiary/aromatic N) is 6. The van der Waals surface area contributed by atoms with Gasteiger partial charge in [-0.15, -0.1) is 15.0 Å². The van der Waals surface area contributed by atoms with Crippen LogP contribution in [0.5, 0.6) is 17.2 Å². The van der Waals surface area contributed by atoms with Crippen molar-refractivity contribution in [2.75, 3.05) is 0 Å². The van der Waals surface area contributed by atoms with Crippen molar-refractivity contribution < 1.29 is 33.4 Å². The Bertz CT molecular complexity index is 1050. The van der Waals surface area contributed by atoms with E-state index in [1.165, 1.54) is 0 Å². The summed E-state index contributed by atoms with van der Waals surface area (Å²) in [5.41, 5.74) is -2.37. The van der Waals surface area contributed by atoms with E-state index in [1.54, 1.807) is 0 Å².